The molecule has 0 aromatic carbocycles. The molecule has 0 aromatic rings. The molecule has 5 nitrogen and oxygen atoms in total. The van der Waals surface area contributed by atoms with E-state index in [2.05, 4.69) is 0 Å². The Morgan fingerprint density at radius 2 is 1.65 bits per heavy atom. The van der Waals surface area contributed by atoms with E-state index >= 15 is 0 Å². The maximum absolute atomic E-state index is 11.8. The van der Waals surface area contributed by atoms with E-state index in [0.29, 0.717) is 0 Å². The summed E-state index contributed by atoms with van der Waals surface area (Å²) in [6.07, 6.45) is 0. The summed E-state index contributed by atoms with van der Waals surface area (Å²) in [7, 11) is 5.11. The maximum atomic E-state index is 11.8. The van der Waals surface area contributed by atoms with Crippen molar-refractivity contribution in [2.24, 2.45) is 0 Å². The van der Waals surface area contributed by atoms with Crippen molar-refractivity contribution in [2.75, 3.05) is 27.7 Å². The molecule has 0 bridgehead atoms. The first-order valence-corrected chi connectivity index (χ1v) is 5.68. The Kier molecular flexibility index (Phi) is 5.61. The molecule has 0 rings (SSSR count). The highest BCUT2D eigenvalue weighted by Gasteiger charge is 2.25. The van der Waals surface area contributed by atoms with E-state index in [9.17, 15) is 9.59 Å². The fraction of sp³-hybridized carbons (Fsp3) is 0.833. The first-order valence-electron chi connectivity index (χ1n) is 5.68. The number of hydrogen-bond acceptors (Lipinski definition) is 4. The number of nitrogens with zero attached hydrogens (tertiary/aromatic N) is 2. The molecule has 0 aromatic heterocycles. The van der Waals surface area contributed by atoms with E-state index in [1.165, 1.54) is 4.90 Å². The van der Waals surface area contributed by atoms with Gasteiger partial charge in [0.2, 0.25) is 5.91 Å². The molecule has 0 saturated carbocycles. The molecule has 0 heterocycles. The summed E-state index contributed by atoms with van der Waals surface area (Å²) in [5, 5.41) is 0. The first-order chi connectivity index (χ1) is 7.54. The molecule has 17 heavy (non-hydrogen) atoms. The Morgan fingerprint density at radius 3 is 2.00 bits per heavy atom. The fourth-order valence-corrected chi connectivity index (χ4v) is 1.06. The lowest BCUT2D eigenvalue weighted by molar-refractivity contribution is -0.160. The molecule has 0 saturated heterocycles. The van der Waals surface area contributed by atoms with Crippen LogP contribution in [0.5, 0.6) is 0 Å². The van der Waals surface area contributed by atoms with Gasteiger partial charge in [0.25, 0.3) is 0 Å². The summed E-state index contributed by atoms with van der Waals surface area (Å²) in [5.74, 6) is -0.352. The quantitative estimate of drug-likeness (QED) is 0.684. The average molecular weight is 244 g/mol. The number of rotatable bonds is 4. The average Bonchev–Trinajstić information content (AvgIpc) is 2.13. The van der Waals surface area contributed by atoms with Gasteiger partial charge < -0.3 is 9.64 Å². The van der Waals surface area contributed by atoms with Crippen LogP contribution in [0.3, 0.4) is 0 Å². The second-order valence-corrected chi connectivity index (χ2v) is 5.41. The van der Waals surface area contributed by atoms with Gasteiger partial charge in [-0.05, 0) is 34.7 Å². The monoisotopic (exact) mass is 244 g/mol. The SMILES string of the molecule is CC(C(=O)OC(C)(C)C)N(C)CC(=O)N(C)C. The summed E-state index contributed by atoms with van der Waals surface area (Å²) in [6, 6.07) is -0.432. The van der Waals surface area contributed by atoms with Gasteiger partial charge in [-0.15, -0.1) is 0 Å². The van der Waals surface area contributed by atoms with Crippen molar-refractivity contribution in [2.45, 2.75) is 39.3 Å². The van der Waals surface area contributed by atoms with Crippen molar-refractivity contribution >= 4 is 11.9 Å². The lowest BCUT2D eigenvalue weighted by Crippen LogP contribution is -2.44. The largest absolute Gasteiger partial charge is 0.459 e. The number of carbonyl (C=O) groups is 2. The zero-order valence-electron chi connectivity index (χ0n) is 11.9. The molecule has 0 radical (unpaired) electrons. The molecule has 0 aliphatic rings. The predicted octanol–water partition coefficient (Wildman–Crippen LogP) is 0.737. The molecule has 5 heteroatoms. The third-order valence-electron chi connectivity index (χ3n) is 2.29. The van der Waals surface area contributed by atoms with Gasteiger partial charge in [0.1, 0.15) is 11.6 Å². The Balaban J connectivity index is 4.35. The highest BCUT2D eigenvalue weighted by Crippen LogP contribution is 2.10. The molecular weight excluding hydrogens is 220 g/mol. The Bertz CT molecular complexity index is 282. The van der Waals surface area contributed by atoms with Crippen molar-refractivity contribution in [3.05, 3.63) is 0 Å². The Morgan fingerprint density at radius 1 is 1.18 bits per heavy atom. The minimum atomic E-state index is -0.502. The maximum Gasteiger partial charge on any atom is 0.323 e. The summed E-state index contributed by atoms with van der Waals surface area (Å²) < 4.78 is 5.26. The van der Waals surface area contributed by atoms with Gasteiger partial charge in [-0.3, -0.25) is 14.5 Å². The fourth-order valence-electron chi connectivity index (χ4n) is 1.06. The molecule has 0 N–H and O–H groups in total. The van der Waals surface area contributed by atoms with Crippen LogP contribution in [0.1, 0.15) is 27.7 Å². The van der Waals surface area contributed by atoms with Crippen LogP contribution in [0.2, 0.25) is 0 Å². The summed E-state index contributed by atoms with van der Waals surface area (Å²) in [4.78, 5) is 26.4. The van der Waals surface area contributed by atoms with Crippen LogP contribution in [-0.4, -0.2) is 61.0 Å². The normalized spacial score (nSPS) is 13.4. The van der Waals surface area contributed by atoms with E-state index in [1.54, 1.807) is 33.0 Å². The smallest absolute Gasteiger partial charge is 0.323 e. The van der Waals surface area contributed by atoms with Crippen molar-refractivity contribution < 1.29 is 14.3 Å². The third kappa shape index (κ3) is 6.26. The zero-order chi connectivity index (χ0) is 13.8. The highest BCUT2D eigenvalue weighted by molar-refractivity contribution is 5.80. The minimum Gasteiger partial charge on any atom is -0.459 e. The molecule has 1 amide bonds. The van der Waals surface area contributed by atoms with E-state index < -0.39 is 11.6 Å². The van der Waals surface area contributed by atoms with E-state index in [1.807, 2.05) is 20.8 Å². The summed E-state index contributed by atoms with van der Waals surface area (Å²) in [5.41, 5.74) is -0.502. The van der Waals surface area contributed by atoms with Gasteiger partial charge in [-0.1, -0.05) is 0 Å². The number of hydrogen-bond donors (Lipinski definition) is 0. The third-order valence-corrected chi connectivity index (χ3v) is 2.29. The number of ether oxygens (including phenoxy) is 1. The lowest BCUT2D eigenvalue weighted by Gasteiger charge is -2.27. The van der Waals surface area contributed by atoms with Gasteiger partial charge in [-0.25, -0.2) is 0 Å². The lowest BCUT2D eigenvalue weighted by atomic mass is 10.2. The summed E-state index contributed by atoms with van der Waals surface area (Å²) in [6.45, 7) is 7.40. The molecule has 0 aliphatic carbocycles. The van der Waals surface area contributed by atoms with Crippen LogP contribution >= 0.6 is 0 Å². The predicted molar refractivity (Wildman–Crippen MR) is 66.6 cm³/mol. The number of carbonyl (C=O) groups excluding carboxylic acids is 2. The minimum absolute atomic E-state index is 0.0390. The topological polar surface area (TPSA) is 49.9 Å². The van der Waals surface area contributed by atoms with Gasteiger partial charge in [0.15, 0.2) is 0 Å². The molecule has 100 valence electrons. The second-order valence-electron chi connectivity index (χ2n) is 5.41. The van der Waals surface area contributed by atoms with Crippen LogP contribution < -0.4 is 0 Å². The molecule has 0 fully saturated rings. The standard InChI is InChI=1S/C12H24N2O3/c1-9(11(16)17-12(2,3)4)14(7)8-10(15)13(5)6/h9H,8H2,1-7H3. The molecule has 0 spiro atoms. The zero-order valence-corrected chi connectivity index (χ0v) is 11.9. The summed E-state index contributed by atoms with van der Waals surface area (Å²) >= 11 is 0. The van der Waals surface area contributed by atoms with Gasteiger partial charge in [0, 0.05) is 14.1 Å². The van der Waals surface area contributed by atoms with Gasteiger partial charge >= 0.3 is 5.97 Å². The van der Waals surface area contributed by atoms with Crippen molar-refractivity contribution in [3.8, 4) is 0 Å². The van der Waals surface area contributed by atoms with Crippen LogP contribution in [0.25, 0.3) is 0 Å². The van der Waals surface area contributed by atoms with E-state index in [0.717, 1.165) is 0 Å². The van der Waals surface area contributed by atoms with Crippen LogP contribution in [0, 0.1) is 0 Å². The van der Waals surface area contributed by atoms with Crippen molar-refractivity contribution in [3.63, 3.8) is 0 Å². The van der Waals surface area contributed by atoms with Crippen LogP contribution in [0.4, 0.5) is 0 Å². The van der Waals surface area contributed by atoms with E-state index in [-0.39, 0.29) is 18.4 Å². The van der Waals surface area contributed by atoms with E-state index in [4.69, 9.17) is 4.74 Å². The molecule has 0 aliphatic heterocycles. The van der Waals surface area contributed by atoms with Gasteiger partial charge in [0.05, 0.1) is 6.54 Å². The highest BCUT2D eigenvalue weighted by atomic mass is 16.6. The van der Waals surface area contributed by atoms with Gasteiger partial charge in [-0.2, -0.15) is 0 Å². The second kappa shape index (κ2) is 6.00. The van der Waals surface area contributed by atoms with Crippen molar-refractivity contribution in [1.82, 2.24) is 9.80 Å². The molecule has 1 unspecified atom stereocenters. The number of amides is 1. The number of likely N-dealkylation sites (N-methyl/N-ethyl adjacent to an activating group) is 2. The Hall–Kier alpha value is -1.10. The number of esters is 1. The molecular formula is C12H24N2O3. The Labute approximate surface area is 104 Å². The van der Waals surface area contributed by atoms with Crippen LogP contribution in [0.15, 0.2) is 0 Å². The van der Waals surface area contributed by atoms with Crippen molar-refractivity contribution in [1.29, 1.82) is 0 Å². The molecule has 1 atom stereocenters. The van der Waals surface area contributed by atoms with Crippen LogP contribution in [-0.2, 0) is 14.3 Å². The first kappa shape index (κ1) is 15.9.